The van der Waals surface area contributed by atoms with Crippen LogP contribution in [-0.4, -0.2) is 21.0 Å². The van der Waals surface area contributed by atoms with E-state index in [4.69, 9.17) is 5.11 Å². The molecule has 0 unspecified atom stereocenters. The fourth-order valence-electron chi connectivity index (χ4n) is 1.54. The second-order valence-corrected chi connectivity index (χ2v) is 4.01. The topological polar surface area (TPSA) is 75.1 Å². The third-order valence-corrected chi connectivity index (χ3v) is 2.50. The molecule has 0 fully saturated rings. The maximum absolute atomic E-state index is 10.8. The first kappa shape index (κ1) is 12.0. The Morgan fingerprint density at radius 2 is 2.06 bits per heavy atom. The highest BCUT2D eigenvalue weighted by Crippen LogP contribution is 2.20. The number of aryl methyl sites for hydroxylation is 2. The van der Waals surface area contributed by atoms with Crippen LogP contribution in [0.4, 0.5) is 11.5 Å². The minimum absolute atomic E-state index is 0.217. The van der Waals surface area contributed by atoms with Crippen molar-refractivity contribution in [1.82, 2.24) is 9.97 Å². The first-order valence-corrected chi connectivity index (χ1v) is 5.47. The normalized spacial score (nSPS) is 10.1. The molecule has 0 bridgehead atoms. The van der Waals surface area contributed by atoms with Gasteiger partial charge >= 0.3 is 5.97 Å². The predicted octanol–water partition coefficient (Wildman–Crippen LogP) is 2.54. The van der Waals surface area contributed by atoms with E-state index in [0.717, 1.165) is 16.8 Å². The van der Waals surface area contributed by atoms with Gasteiger partial charge in [0, 0.05) is 11.9 Å². The molecule has 2 aromatic rings. The van der Waals surface area contributed by atoms with Crippen LogP contribution >= 0.6 is 0 Å². The number of aromatic carboxylic acids is 1. The minimum atomic E-state index is -1.14. The number of rotatable bonds is 3. The fourth-order valence-corrected chi connectivity index (χ4v) is 1.54. The zero-order chi connectivity index (χ0) is 13.1. The summed E-state index contributed by atoms with van der Waals surface area (Å²) in [6.45, 7) is 3.97. The van der Waals surface area contributed by atoms with Gasteiger partial charge in [-0.2, -0.15) is 0 Å². The molecule has 0 aliphatic carbocycles. The van der Waals surface area contributed by atoms with E-state index in [9.17, 15) is 4.79 Å². The van der Waals surface area contributed by atoms with E-state index in [1.165, 1.54) is 6.20 Å². The van der Waals surface area contributed by atoms with Crippen LogP contribution in [-0.2, 0) is 0 Å². The summed E-state index contributed by atoms with van der Waals surface area (Å²) in [5.41, 5.74) is 3.09. The lowest BCUT2D eigenvalue weighted by atomic mass is 10.1. The van der Waals surface area contributed by atoms with Gasteiger partial charge in [0.25, 0.3) is 0 Å². The molecule has 0 saturated carbocycles. The molecular weight excluding hydrogens is 230 g/mol. The molecule has 2 rings (SSSR count). The van der Waals surface area contributed by atoms with Crippen LogP contribution in [0.2, 0.25) is 0 Å². The average molecular weight is 243 g/mol. The van der Waals surface area contributed by atoms with Crippen molar-refractivity contribution in [3.63, 3.8) is 0 Å². The Balaban J connectivity index is 2.31. The largest absolute Gasteiger partial charge is 0.475 e. The Morgan fingerprint density at radius 3 is 2.78 bits per heavy atom. The summed E-state index contributed by atoms with van der Waals surface area (Å²) in [5.74, 6) is -0.888. The van der Waals surface area contributed by atoms with Gasteiger partial charge in [-0.3, -0.25) is 0 Å². The Bertz CT molecular complexity index is 597. The zero-order valence-electron chi connectivity index (χ0n) is 10.1. The van der Waals surface area contributed by atoms with E-state index in [2.05, 4.69) is 15.3 Å². The monoisotopic (exact) mass is 243 g/mol. The van der Waals surface area contributed by atoms with Gasteiger partial charge in [0.2, 0.25) is 5.82 Å². The molecule has 18 heavy (non-hydrogen) atoms. The number of carbonyl (C=O) groups is 1. The molecule has 92 valence electrons. The SMILES string of the molecule is Cc1ccc(C)c(Nc2ccnc(C(=O)O)n2)c1. The maximum atomic E-state index is 10.8. The van der Waals surface area contributed by atoms with Gasteiger partial charge in [-0.15, -0.1) is 0 Å². The van der Waals surface area contributed by atoms with Crippen molar-refractivity contribution in [1.29, 1.82) is 0 Å². The fraction of sp³-hybridized carbons (Fsp3) is 0.154. The number of carboxylic acids is 1. The lowest BCUT2D eigenvalue weighted by molar-refractivity contribution is 0.0683. The number of nitrogens with one attached hydrogen (secondary N) is 1. The molecule has 5 nitrogen and oxygen atoms in total. The van der Waals surface area contributed by atoms with E-state index >= 15 is 0 Å². The van der Waals surface area contributed by atoms with Gasteiger partial charge < -0.3 is 10.4 Å². The third-order valence-electron chi connectivity index (χ3n) is 2.50. The average Bonchev–Trinajstić information content (AvgIpc) is 2.34. The highest BCUT2D eigenvalue weighted by Gasteiger charge is 2.07. The molecule has 0 aliphatic rings. The van der Waals surface area contributed by atoms with Crippen molar-refractivity contribution in [2.24, 2.45) is 0 Å². The number of nitrogens with zero attached hydrogens (tertiary/aromatic N) is 2. The molecule has 0 aliphatic heterocycles. The van der Waals surface area contributed by atoms with Crippen molar-refractivity contribution in [3.05, 3.63) is 47.4 Å². The van der Waals surface area contributed by atoms with Crippen LogP contribution in [0.15, 0.2) is 30.5 Å². The van der Waals surface area contributed by atoms with Crippen LogP contribution in [0, 0.1) is 13.8 Å². The van der Waals surface area contributed by atoms with E-state index in [1.807, 2.05) is 32.0 Å². The second kappa shape index (κ2) is 4.83. The van der Waals surface area contributed by atoms with Gasteiger partial charge in [0.1, 0.15) is 5.82 Å². The minimum Gasteiger partial charge on any atom is -0.475 e. The summed E-state index contributed by atoms with van der Waals surface area (Å²) in [6, 6.07) is 7.63. The quantitative estimate of drug-likeness (QED) is 0.866. The van der Waals surface area contributed by atoms with Crippen molar-refractivity contribution >= 4 is 17.5 Å². The van der Waals surface area contributed by atoms with Crippen molar-refractivity contribution in [2.75, 3.05) is 5.32 Å². The first-order valence-electron chi connectivity index (χ1n) is 5.47. The molecular formula is C13H13N3O2. The molecule has 0 spiro atoms. The summed E-state index contributed by atoms with van der Waals surface area (Å²) < 4.78 is 0. The molecule has 0 radical (unpaired) electrons. The van der Waals surface area contributed by atoms with Crippen molar-refractivity contribution in [2.45, 2.75) is 13.8 Å². The van der Waals surface area contributed by atoms with Crippen LogP contribution < -0.4 is 5.32 Å². The Hall–Kier alpha value is -2.43. The van der Waals surface area contributed by atoms with Crippen molar-refractivity contribution in [3.8, 4) is 0 Å². The van der Waals surface area contributed by atoms with E-state index < -0.39 is 5.97 Å². The molecule has 0 saturated heterocycles. The number of carboxylic acid groups (broad SMARTS) is 1. The van der Waals surface area contributed by atoms with Crippen LogP contribution in [0.25, 0.3) is 0 Å². The van der Waals surface area contributed by atoms with Gasteiger partial charge in [0.15, 0.2) is 0 Å². The smallest absolute Gasteiger partial charge is 0.374 e. The number of hydrogen-bond acceptors (Lipinski definition) is 4. The number of hydrogen-bond donors (Lipinski definition) is 2. The summed E-state index contributed by atoms with van der Waals surface area (Å²) in [5, 5.41) is 11.9. The van der Waals surface area contributed by atoms with Crippen LogP contribution in [0.3, 0.4) is 0 Å². The zero-order valence-corrected chi connectivity index (χ0v) is 10.1. The summed E-state index contributed by atoms with van der Waals surface area (Å²) in [7, 11) is 0. The lowest BCUT2D eigenvalue weighted by Crippen LogP contribution is -2.06. The van der Waals surface area contributed by atoms with Gasteiger partial charge in [-0.25, -0.2) is 14.8 Å². The van der Waals surface area contributed by atoms with Crippen molar-refractivity contribution < 1.29 is 9.90 Å². The highest BCUT2D eigenvalue weighted by molar-refractivity contribution is 5.83. The second-order valence-electron chi connectivity index (χ2n) is 4.01. The predicted molar refractivity (Wildman–Crippen MR) is 68.2 cm³/mol. The van der Waals surface area contributed by atoms with Crippen LogP contribution in [0.5, 0.6) is 0 Å². The maximum Gasteiger partial charge on any atom is 0.374 e. The Labute approximate surface area is 105 Å². The number of benzene rings is 1. The Kier molecular flexibility index (Phi) is 3.23. The molecule has 1 heterocycles. The van der Waals surface area contributed by atoms with E-state index in [-0.39, 0.29) is 5.82 Å². The van der Waals surface area contributed by atoms with Gasteiger partial charge in [0.05, 0.1) is 0 Å². The van der Waals surface area contributed by atoms with E-state index in [0.29, 0.717) is 5.82 Å². The Morgan fingerprint density at radius 1 is 1.28 bits per heavy atom. The van der Waals surface area contributed by atoms with Crippen LogP contribution in [0.1, 0.15) is 21.7 Å². The first-order chi connectivity index (χ1) is 8.56. The third kappa shape index (κ3) is 2.63. The summed E-state index contributed by atoms with van der Waals surface area (Å²) in [6.07, 6.45) is 1.42. The molecule has 1 aromatic carbocycles. The summed E-state index contributed by atoms with van der Waals surface area (Å²) >= 11 is 0. The molecule has 5 heteroatoms. The number of anilines is 2. The molecule has 0 amide bonds. The van der Waals surface area contributed by atoms with Gasteiger partial charge in [-0.05, 0) is 37.1 Å². The van der Waals surface area contributed by atoms with E-state index in [1.54, 1.807) is 6.07 Å². The summed E-state index contributed by atoms with van der Waals surface area (Å²) in [4.78, 5) is 18.4. The highest BCUT2D eigenvalue weighted by atomic mass is 16.4. The molecule has 2 N–H and O–H groups in total. The number of aromatic nitrogens is 2. The van der Waals surface area contributed by atoms with Gasteiger partial charge in [-0.1, -0.05) is 12.1 Å². The molecule has 1 aromatic heterocycles. The standard InChI is InChI=1S/C13H13N3O2/c1-8-3-4-9(2)10(7-8)15-11-5-6-14-12(16-11)13(17)18/h3-7H,1-2H3,(H,17,18)(H,14,15,16). The molecule has 0 atom stereocenters. The lowest BCUT2D eigenvalue weighted by Gasteiger charge is -2.09.